The van der Waals surface area contributed by atoms with E-state index in [0.717, 1.165) is 30.2 Å². The first kappa shape index (κ1) is 19.4. The van der Waals surface area contributed by atoms with Crippen molar-refractivity contribution in [2.45, 2.75) is 38.1 Å². The van der Waals surface area contributed by atoms with Crippen molar-refractivity contribution in [2.24, 2.45) is 4.99 Å². The van der Waals surface area contributed by atoms with Crippen LogP contribution in [0.3, 0.4) is 0 Å². The van der Waals surface area contributed by atoms with Gasteiger partial charge in [-0.3, -0.25) is 4.99 Å². The third kappa shape index (κ3) is 5.05. The molecule has 1 aliphatic heterocycles. The molecule has 2 N–H and O–H groups in total. The number of hydrogen-bond acceptors (Lipinski definition) is 3. The first-order chi connectivity index (χ1) is 11.3. The van der Waals surface area contributed by atoms with Crippen LogP contribution in [0.1, 0.15) is 31.2 Å². The number of rotatable bonds is 4. The number of benzene rings is 1. The molecule has 1 saturated carbocycles. The fourth-order valence-corrected chi connectivity index (χ4v) is 3.38. The van der Waals surface area contributed by atoms with Crippen LogP contribution in [0.15, 0.2) is 17.1 Å². The van der Waals surface area contributed by atoms with Crippen molar-refractivity contribution in [1.29, 1.82) is 0 Å². The molecule has 0 unspecified atom stereocenters. The molecule has 0 bridgehead atoms. The van der Waals surface area contributed by atoms with E-state index in [-0.39, 0.29) is 24.0 Å². The van der Waals surface area contributed by atoms with Gasteiger partial charge < -0.3 is 20.1 Å². The summed E-state index contributed by atoms with van der Waals surface area (Å²) in [7, 11) is 1.81. The van der Waals surface area contributed by atoms with Gasteiger partial charge in [-0.1, -0.05) is 24.4 Å². The molecule has 24 heavy (non-hydrogen) atoms. The predicted octanol–water partition coefficient (Wildman–Crippen LogP) is 3.38. The van der Waals surface area contributed by atoms with E-state index in [4.69, 9.17) is 21.1 Å². The van der Waals surface area contributed by atoms with E-state index < -0.39 is 0 Å². The Balaban J connectivity index is 0.00000208. The first-order valence-corrected chi connectivity index (χ1v) is 8.69. The Labute approximate surface area is 165 Å². The Morgan fingerprint density at radius 2 is 2.00 bits per heavy atom. The quantitative estimate of drug-likeness (QED) is 0.407. The van der Waals surface area contributed by atoms with Crippen LogP contribution < -0.4 is 20.1 Å². The molecule has 5 nitrogen and oxygen atoms in total. The van der Waals surface area contributed by atoms with Gasteiger partial charge in [-0.2, -0.15) is 0 Å². The summed E-state index contributed by atoms with van der Waals surface area (Å²) in [5, 5.41) is 7.47. The van der Waals surface area contributed by atoms with Gasteiger partial charge in [-0.05, 0) is 37.0 Å². The lowest BCUT2D eigenvalue weighted by atomic mass is 10.1. The predicted molar refractivity (Wildman–Crippen MR) is 108 cm³/mol. The Morgan fingerprint density at radius 3 is 2.75 bits per heavy atom. The summed E-state index contributed by atoms with van der Waals surface area (Å²) in [6, 6.07) is 4.52. The first-order valence-electron chi connectivity index (χ1n) is 8.31. The second-order valence-electron chi connectivity index (χ2n) is 5.98. The molecule has 2 aliphatic rings. The van der Waals surface area contributed by atoms with Crippen LogP contribution in [-0.4, -0.2) is 38.8 Å². The molecule has 0 radical (unpaired) electrons. The number of fused-ring (bicyclic) bond motifs is 1. The van der Waals surface area contributed by atoms with Gasteiger partial charge in [-0.25, -0.2) is 0 Å². The Kier molecular flexibility index (Phi) is 7.74. The Bertz CT molecular complexity index is 577. The highest BCUT2D eigenvalue weighted by Gasteiger charge is 2.17. The van der Waals surface area contributed by atoms with Crippen molar-refractivity contribution in [3.63, 3.8) is 0 Å². The van der Waals surface area contributed by atoms with Gasteiger partial charge in [0, 0.05) is 19.6 Å². The Morgan fingerprint density at radius 1 is 1.25 bits per heavy atom. The highest BCUT2D eigenvalue weighted by Crippen LogP contribution is 2.38. The van der Waals surface area contributed by atoms with Crippen molar-refractivity contribution in [3.8, 4) is 11.5 Å². The van der Waals surface area contributed by atoms with Gasteiger partial charge in [-0.15, -0.1) is 24.0 Å². The molecule has 1 aliphatic carbocycles. The van der Waals surface area contributed by atoms with Gasteiger partial charge >= 0.3 is 0 Å². The fourth-order valence-electron chi connectivity index (χ4n) is 3.09. The number of hydrogen-bond donors (Lipinski definition) is 2. The molecule has 0 amide bonds. The number of halogens is 2. The molecular formula is C17H25ClIN3O2. The topological polar surface area (TPSA) is 54.9 Å². The largest absolute Gasteiger partial charge is 0.486 e. The van der Waals surface area contributed by atoms with Crippen molar-refractivity contribution in [2.75, 3.05) is 26.8 Å². The number of guanidine groups is 1. The number of ether oxygens (including phenoxy) is 2. The minimum atomic E-state index is 0. The molecule has 0 saturated heterocycles. The van der Waals surface area contributed by atoms with Crippen LogP contribution >= 0.6 is 35.6 Å². The van der Waals surface area contributed by atoms with E-state index in [1.165, 1.54) is 25.7 Å². The van der Waals surface area contributed by atoms with Crippen LogP contribution in [0.5, 0.6) is 11.5 Å². The summed E-state index contributed by atoms with van der Waals surface area (Å²) in [6.45, 7) is 1.92. The smallest absolute Gasteiger partial charge is 0.191 e. The minimum Gasteiger partial charge on any atom is -0.486 e. The third-order valence-corrected chi connectivity index (χ3v) is 4.56. The lowest BCUT2D eigenvalue weighted by molar-refractivity contribution is 0.171. The molecule has 0 atom stereocenters. The summed E-state index contributed by atoms with van der Waals surface area (Å²) in [4.78, 5) is 4.29. The van der Waals surface area contributed by atoms with E-state index in [1.807, 2.05) is 19.2 Å². The minimum absolute atomic E-state index is 0. The van der Waals surface area contributed by atoms with Gasteiger partial charge in [0.1, 0.15) is 13.2 Å². The lowest BCUT2D eigenvalue weighted by Gasteiger charge is -2.20. The maximum Gasteiger partial charge on any atom is 0.191 e. The van der Waals surface area contributed by atoms with Crippen molar-refractivity contribution in [1.82, 2.24) is 10.6 Å². The SMILES string of the molecule is CN=C(NCCc1cc(Cl)c2c(c1)OCCO2)NC1CCCC1.I. The molecule has 1 fully saturated rings. The molecule has 0 spiro atoms. The second-order valence-corrected chi connectivity index (χ2v) is 6.38. The highest BCUT2D eigenvalue weighted by molar-refractivity contribution is 14.0. The van der Waals surface area contributed by atoms with Crippen molar-refractivity contribution >= 4 is 41.5 Å². The molecule has 7 heteroatoms. The molecule has 1 heterocycles. The van der Waals surface area contributed by atoms with Crippen LogP contribution in [-0.2, 0) is 6.42 Å². The number of nitrogens with zero attached hydrogens (tertiary/aromatic N) is 1. The second kappa shape index (κ2) is 9.56. The fraction of sp³-hybridized carbons (Fsp3) is 0.588. The summed E-state index contributed by atoms with van der Waals surface area (Å²) < 4.78 is 11.2. The lowest BCUT2D eigenvalue weighted by Crippen LogP contribution is -2.43. The summed E-state index contributed by atoms with van der Waals surface area (Å²) in [5.74, 6) is 2.28. The normalized spacial score (nSPS) is 17.3. The van der Waals surface area contributed by atoms with Crippen molar-refractivity contribution < 1.29 is 9.47 Å². The van der Waals surface area contributed by atoms with E-state index in [0.29, 0.717) is 30.0 Å². The van der Waals surface area contributed by atoms with Crippen LogP contribution in [0.25, 0.3) is 0 Å². The molecular weight excluding hydrogens is 441 g/mol. The van der Waals surface area contributed by atoms with E-state index in [2.05, 4.69) is 15.6 Å². The van der Waals surface area contributed by atoms with Gasteiger partial charge in [0.25, 0.3) is 0 Å². The maximum atomic E-state index is 6.27. The zero-order chi connectivity index (χ0) is 16.1. The molecule has 3 rings (SSSR count). The van der Waals surface area contributed by atoms with Gasteiger partial charge in [0.2, 0.25) is 0 Å². The van der Waals surface area contributed by atoms with E-state index in [9.17, 15) is 0 Å². The average Bonchev–Trinajstić information content (AvgIpc) is 3.07. The average molecular weight is 466 g/mol. The number of nitrogens with one attached hydrogen (secondary N) is 2. The Hall–Kier alpha value is -0.890. The monoisotopic (exact) mass is 465 g/mol. The third-order valence-electron chi connectivity index (χ3n) is 4.28. The van der Waals surface area contributed by atoms with Crippen LogP contribution in [0, 0.1) is 0 Å². The van der Waals surface area contributed by atoms with Crippen molar-refractivity contribution in [3.05, 3.63) is 22.7 Å². The standard InChI is InChI=1S/C17H24ClN3O2.HI/c1-19-17(21-13-4-2-3-5-13)20-7-6-12-10-14(18)16-15(11-12)22-8-9-23-16;/h10-11,13H,2-9H2,1H3,(H2,19,20,21);1H. The molecule has 1 aromatic rings. The van der Waals surface area contributed by atoms with Crippen LogP contribution in [0.2, 0.25) is 5.02 Å². The molecule has 1 aromatic carbocycles. The summed E-state index contributed by atoms with van der Waals surface area (Å²) in [6.07, 6.45) is 5.94. The summed E-state index contributed by atoms with van der Waals surface area (Å²) >= 11 is 6.27. The molecule has 134 valence electrons. The maximum absolute atomic E-state index is 6.27. The zero-order valence-electron chi connectivity index (χ0n) is 13.9. The number of aliphatic imine (C=N–C) groups is 1. The van der Waals surface area contributed by atoms with Gasteiger partial charge in [0.15, 0.2) is 17.5 Å². The molecule has 0 aromatic heterocycles. The van der Waals surface area contributed by atoms with E-state index >= 15 is 0 Å². The van der Waals surface area contributed by atoms with E-state index in [1.54, 1.807) is 0 Å². The van der Waals surface area contributed by atoms with Crippen LogP contribution in [0.4, 0.5) is 0 Å². The zero-order valence-corrected chi connectivity index (χ0v) is 17.0. The van der Waals surface area contributed by atoms with Gasteiger partial charge in [0.05, 0.1) is 5.02 Å². The summed E-state index contributed by atoms with van der Waals surface area (Å²) in [5.41, 5.74) is 1.13. The highest BCUT2D eigenvalue weighted by atomic mass is 127.